The number of para-hydroxylation sites is 2. The number of nitrogens with one attached hydrogen (secondary N) is 1. The Kier molecular flexibility index (Phi) is 6.05. The summed E-state index contributed by atoms with van der Waals surface area (Å²) in [6, 6.07) is 20.8. The molecule has 4 aromatic rings. The van der Waals surface area contributed by atoms with Gasteiger partial charge in [0.1, 0.15) is 5.75 Å². The molecule has 0 atom stereocenters. The van der Waals surface area contributed by atoms with Gasteiger partial charge in [-0.05, 0) is 50.2 Å². The highest BCUT2D eigenvalue weighted by atomic mass is 19.4. The van der Waals surface area contributed by atoms with E-state index < -0.39 is 17.6 Å². The maximum atomic E-state index is 13.4. The molecule has 0 saturated carbocycles. The third kappa shape index (κ3) is 4.98. The third-order valence-electron chi connectivity index (χ3n) is 4.94. The maximum Gasteiger partial charge on any atom is 0.418 e. The van der Waals surface area contributed by atoms with E-state index in [1.54, 1.807) is 30.3 Å². The van der Waals surface area contributed by atoms with Crippen molar-refractivity contribution in [3.63, 3.8) is 0 Å². The molecule has 0 spiro atoms. The zero-order valence-corrected chi connectivity index (χ0v) is 18.0. The quantitative estimate of drug-likeness (QED) is 0.358. The van der Waals surface area contributed by atoms with E-state index in [0.717, 1.165) is 11.6 Å². The van der Waals surface area contributed by atoms with Gasteiger partial charge in [0.25, 0.3) is 5.91 Å². The first-order valence-corrected chi connectivity index (χ1v) is 10.4. The number of fused-ring (bicyclic) bond motifs is 1. The molecule has 168 valence electrons. The lowest BCUT2D eigenvalue weighted by Gasteiger charge is -2.15. The predicted molar refractivity (Wildman–Crippen MR) is 122 cm³/mol. The Balaban J connectivity index is 1.78. The number of rotatable bonds is 5. The lowest BCUT2D eigenvalue weighted by atomic mass is 10.0. The average molecular weight is 450 g/mol. The fourth-order valence-corrected chi connectivity index (χ4v) is 3.54. The van der Waals surface area contributed by atoms with E-state index in [1.165, 1.54) is 18.2 Å². The summed E-state index contributed by atoms with van der Waals surface area (Å²) in [5.74, 6) is 0.00343. The number of anilines is 1. The van der Waals surface area contributed by atoms with Crippen molar-refractivity contribution in [1.82, 2.24) is 4.98 Å². The Hall–Kier alpha value is -3.87. The second-order valence-electron chi connectivity index (χ2n) is 7.76. The van der Waals surface area contributed by atoms with E-state index in [-0.39, 0.29) is 17.4 Å². The fraction of sp³-hybridized carbons (Fsp3) is 0.154. The molecule has 1 N–H and O–H groups in total. The molecular weight excluding hydrogens is 429 g/mol. The van der Waals surface area contributed by atoms with Gasteiger partial charge in [-0.1, -0.05) is 42.5 Å². The molecule has 4 rings (SSSR count). The molecule has 0 bridgehead atoms. The van der Waals surface area contributed by atoms with Crippen LogP contribution in [0.2, 0.25) is 0 Å². The molecule has 0 unspecified atom stereocenters. The van der Waals surface area contributed by atoms with E-state index in [2.05, 4.69) is 10.3 Å². The zero-order valence-electron chi connectivity index (χ0n) is 18.0. The number of aromatic nitrogens is 1. The number of halogens is 3. The van der Waals surface area contributed by atoms with Gasteiger partial charge in [0, 0.05) is 10.9 Å². The number of hydrogen-bond donors (Lipinski definition) is 1. The minimum absolute atomic E-state index is 0.0140. The standard InChI is InChI=1S/C26H21F3N2O2/c1-16(2)33-18-9-7-8-17(14-18)24-15-20(19-10-3-5-12-22(19)30-24)25(32)31-23-13-6-4-11-21(23)26(27,28)29/h3-16H,1-2H3,(H,31,32). The van der Waals surface area contributed by atoms with Crippen LogP contribution in [0.4, 0.5) is 18.9 Å². The minimum atomic E-state index is -4.59. The lowest BCUT2D eigenvalue weighted by molar-refractivity contribution is -0.136. The van der Waals surface area contributed by atoms with Crippen molar-refractivity contribution in [1.29, 1.82) is 0 Å². The second kappa shape index (κ2) is 8.94. The van der Waals surface area contributed by atoms with Crippen molar-refractivity contribution in [3.05, 3.63) is 90.0 Å². The number of amides is 1. The SMILES string of the molecule is CC(C)Oc1cccc(-c2cc(C(=O)Nc3ccccc3C(F)(F)F)c3ccccc3n2)c1. The Morgan fingerprint density at radius 2 is 1.67 bits per heavy atom. The molecule has 1 amide bonds. The van der Waals surface area contributed by atoms with Crippen molar-refractivity contribution in [2.75, 3.05) is 5.32 Å². The van der Waals surface area contributed by atoms with Gasteiger partial charge in [-0.25, -0.2) is 4.98 Å². The second-order valence-corrected chi connectivity index (χ2v) is 7.76. The molecule has 7 heteroatoms. The molecular formula is C26H21F3N2O2. The highest BCUT2D eigenvalue weighted by molar-refractivity contribution is 6.13. The average Bonchev–Trinajstić information content (AvgIpc) is 2.77. The number of benzene rings is 3. The summed E-state index contributed by atoms with van der Waals surface area (Å²) < 4.78 is 45.9. The monoisotopic (exact) mass is 450 g/mol. The summed E-state index contributed by atoms with van der Waals surface area (Å²) in [6.07, 6.45) is -4.61. The smallest absolute Gasteiger partial charge is 0.418 e. The zero-order chi connectivity index (χ0) is 23.6. The van der Waals surface area contributed by atoms with Crippen molar-refractivity contribution in [3.8, 4) is 17.0 Å². The van der Waals surface area contributed by atoms with E-state index in [4.69, 9.17) is 4.74 Å². The van der Waals surface area contributed by atoms with Gasteiger partial charge in [-0.3, -0.25) is 4.79 Å². The molecule has 0 aliphatic carbocycles. The normalized spacial score (nSPS) is 11.6. The number of ether oxygens (including phenoxy) is 1. The summed E-state index contributed by atoms with van der Waals surface area (Å²) in [4.78, 5) is 17.8. The van der Waals surface area contributed by atoms with Gasteiger partial charge < -0.3 is 10.1 Å². The van der Waals surface area contributed by atoms with Crippen molar-refractivity contribution >= 4 is 22.5 Å². The molecule has 0 saturated heterocycles. The van der Waals surface area contributed by atoms with Gasteiger partial charge >= 0.3 is 6.18 Å². The van der Waals surface area contributed by atoms with Gasteiger partial charge in [0.2, 0.25) is 0 Å². The van der Waals surface area contributed by atoms with Crippen LogP contribution in [0.15, 0.2) is 78.9 Å². The number of alkyl halides is 3. The third-order valence-corrected chi connectivity index (χ3v) is 4.94. The summed E-state index contributed by atoms with van der Waals surface area (Å²) >= 11 is 0. The first-order valence-electron chi connectivity index (χ1n) is 10.4. The molecule has 0 aliphatic rings. The Morgan fingerprint density at radius 3 is 2.42 bits per heavy atom. The molecule has 0 fully saturated rings. The van der Waals surface area contributed by atoms with Crippen LogP contribution in [0.25, 0.3) is 22.2 Å². The Labute approximate surface area is 189 Å². The van der Waals surface area contributed by atoms with Crippen molar-refractivity contribution in [2.45, 2.75) is 26.1 Å². The highest BCUT2D eigenvalue weighted by Gasteiger charge is 2.33. The highest BCUT2D eigenvalue weighted by Crippen LogP contribution is 2.35. The molecule has 3 aromatic carbocycles. The van der Waals surface area contributed by atoms with E-state index in [1.807, 2.05) is 38.1 Å². The van der Waals surface area contributed by atoms with Gasteiger partial charge in [-0.15, -0.1) is 0 Å². The van der Waals surface area contributed by atoms with Crippen LogP contribution in [-0.2, 0) is 6.18 Å². The molecule has 4 nitrogen and oxygen atoms in total. The molecule has 1 heterocycles. The van der Waals surface area contributed by atoms with Gasteiger partial charge in [0.05, 0.1) is 34.1 Å². The maximum absolute atomic E-state index is 13.4. The summed E-state index contributed by atoms with van der Waals surface area (Å²) in [7, 11) is 0. The molecule has 0 radical (unpaired) electrons. The molecule has 33 heavy (non-hydrogen) atoms. The van der Waals surface area contributed by atoms with E-state index in [9.17, 15) is 18.0 Å². The van der Waals surface area contributed by atoms with Gasteiger partial charge in [0.15, 0.2) is 0 Å². The van der Waals surface area contributed by atoms with Crippen LogP contribution in [0.5, 0.6) is 5.75 Å². The summed E-state index contributed by atoms with van der Waals surface area (Å²) in [6.45, 7) is 3.84. The predicted octanol–water partition coefficient (Wildman–Crippen LogP) is 6.96. The number of pyridine rings is 1. The van der Waals surface area contributed by atoms with Gasteiger partial charge in [-0.2, -0.15) is 13.2 Å². The van der Waals surface area contributed by atoms with Crippen LogP contribution < -0.4 is 10.1 Å². The molecule has 1 aromatic heterocycles. The number of carbonyl (C=O) groups is 1. The first-order chi connectivity index (χ1) is 15.7. The number of hydrogen-bond acceptors (Lipinski definition) is 3. The van der Waals surface area contributed by atoms with Crippen LogP contribution in [-0.4, -0.2) is 17.0 Å². The van der Waals surface area contributed by atoms with Crippen LogP contribution in [0.3, 0.4) is 0 Å². The van der Waals surface area contributed by atoms with Crippen molar-refractivity contribution < 1.29 is 22.7 Å². The van der Waals surface area contributed by atoms with Crippen LogP contribution in [0, 0.1) is 0 Å². The number of carbonyl (C=O) groups excluding carboxylic acids is 1. The van der Waals surface area contributed by atoms with Crippen LogP contribution >= 0.6 is 0 Å². The van der Waals surface area contributed by atoms with E-state index >= 15 is 0 Å². The number of nitrogens with zero attached hydrogens (tertiary/aromatic N) is 1. The molecule has 0 aliphatic heterocycles. The summed E-state index contributed by atoms with van der Waals surface area (Å²) in [5.41, 5.74) is 0.809. The first kappa shape index (κ1) is 22.3. The van der Waals surface area contributed by atoms with E-state index in [0.29, 0.717) is 22.3 Å². The summed E-state index contributed by atoms with van der Waals surface area (Å²) in [5, 5.41) is 2.97. The minimum Gasteiger partial charge on any atom is -0.491 e. The Bertz CT molecular complexity index is 1320. The largest absolute Gasteiger partial charge is 0.491 e. The van der Waals surface area contributed by atoms with Crippen molar-refractivity contribution in [2.24, 2.45) is 0 Å². The van der Waals surface area contributed by atoms with Crippen LogP contribution in [0.1, 0.15) is 29.8 Å². The lowest BCUT2D eigenvalue weighted by Crippen LogP contribution is -2.17. The topological polar surface area (TPSA) is 51.2 Å². The fourth-order valence-electron chi connectivity index (χ4n) is 3.54. The Morgan fingerprint density at radius 1 is 0.939 bits per heavy atom.